The van der Waals surface area contributed by atoms with Crippen molar-refractivity contribution in [1.29, 1.82) is 0 Å². The maximum atomic E-state index is 12.3. The third-order valence-corrected chi connectivity index (χ3v) is 3.84. The van der Waals surface area contributed by atoms with Crippen LogP contribution in [0.4, 0.5) is 0 Å². The normalized spacial score (nSPS) is 12.2. The number of aromatic nitrogens is 1. The molecule has 0 N–H and O–H groups in total. The van der Waals surface area contributed by atoms with Gasteiger partial charge in [-0.15, -0.1) is 0 Å². The molecule has 92 valence electrons. The van der Waals surface area contributed by atoms with E-state index in [2.05, 4.69) is 20.9 Å². The smallest absolute Gasteiger partial charge is 0.171 e. The molecular weight excluding hydrogens is 290 g/mol. The van der Waals surface area contributed by atoms with Crippen molar-refractivity contribution in [3.8, 4) is 0 Å². The van der Waals surface area contributed by atoms with Gasteiger partial charge in [-0.1, -0.05) is 34.1 Å². The summed E-state index contributed by atoms with van der Waals surface area (Å²) in [7, 11) is 0. The molecule has 0 spiro atoms. The fourth-order valence-electron chi connectivity index (χ4n) is 1.76. The zero-order valence-corrected chi connectivity index (χ0v) is 11.9. The SMILES string of the molecule is Cc1ccc(C(=O)C(C)c2ccccn2)cc1Br. The first kappa shape index (κ1) is 13.0. The van der Waals surface area contributed by atoms with Crippen LogP contribution in [0.1, 0.15) is 34.5 Å². The fraction of sp³-hybridized carbons (Fsp3) is 0.200. The first-order chi connectivity index (χ1) is 8.59. The van der Waals surface area contributed by atoms with E-state index in [4.69, 9.17) is 0 Å². The first-order valence-electron chi connectivity index (χ1n) is 5.81. The minimum absolute atomic E-state index is 0.0920. The summed E-state index contributed by atoms with van der Waals surface area (Å²) in [6.07, 6.45) is 1.71. The fourth-order valence-corrected chi connectivity index (χ4v) is 2.14. The Bertz CT molecular complexity index is 566. The number of hydrogen-bond donors (Lipinski definition) is 0. The monoisotopic (exact) mass is 303 g/mol. The number of hydrogen-bond acceptors (Lipinski definition) is 2. The number of aryl methyl sites for hydroxylation is 1. The van der Waals surface area contributed by atoms with Crippen molar-refractivity contribution < 1.29 is 4.79 Å². The second kappa shape index (κ2) is 5.44. The second-order valence-corrected chi connectivity index (χ2v) is 5.16. The number of Topliss-reactive ketones (excluding diaryl/α,β-unsaturated/α-hetero) is 1. The van der Waals surface area contributed by atoms with E-state index in [1.165, 1.54) is 0 Å². The van der Waals surface area contributed by atoms with Crippen molar-refractivity contribution in [3.05, 3.63) is 63.9 Å². The van der Waals surface area contributed by atoms with Gasteiger partial charge in [-0.3, -0.25) is 9.78 Å². The molecule has 1 unspecified atom stereocenters. The van der Waals surface area contributed by atoms with E-state index in [1.54, 1.807) is 6.20 Å². The molecule has 0 fully saturated rings. The Balaban J connectivity index is 2.29. The quantitative estimate of drug-likeness (QED) is 0.798. The minimum Gasteiger partial charge on any atom is -0.293 e. The number of carbonyl (C=O) groups excluding carboxylic acids is 1. The number of carbonyl (C=O) groups is 1. The summed E-state index contributed by atoms with van der Waals surface area (Å²) in [6.45, 7) is 3.89. The summed E-state index contributed by atoms with van der Waals surface area (Å²) in [5.41, 5.74) is 2.64. The van der Waals surface area contributed by atoms with E-state index >= 15 is 0 Å². The molecule has 3 heteroatoms. The zero-order valence-electron chi connectivity index (χ0n) is 10.4. The van der Waals surface area contributed by atoms with Crippen molar-refractivity contribution in [1.82, 2.24) is 4.98 Å². The summed E-state index contributed by atoms with van der Waals surface area (Å²) < 4.78 is 0.960. The lowest BCUT2D eigenvalue weighted by atomic mass is 9.95. The predicted molar refractivity (Wildman–Crippen MR) is 75.9 cm³/mol. The third kappa shape index (κ3) is 2.67. The summed E-state index contributed by atoms with van der Waals surface area (Å²) in [4.78, 5) is 16.6. The lowest BCUT2D eigenvalue weighted by molar-refractivity contribution is 0.0964. The van der Waals surface area contributed by atoms with Crippen LogP contribution < -0.4 is 0 Å². The van der Waals surface area contributed by atoms with Gasteiger partial charge in [0.15, 0.2) is 5.78 Å². The molecule has 2 rings (SSSR count). The van der Waals surface area contributed by atoms with E-state index in [0.29, 0.717) is 5.56 Å². The molecule has 1 aromatic heterocycles. The Kier molecular flexibility index (Phi) is 3.92. The number of halogens is 1. The van der Waals surface area contributed by atoms with E-state index in [-0.39, 0.29) is 11.7 Å². The number of nitrogens with zero attached hydrogens (tertiary/aromatic N) is 1. The average Bonchev–Trinajstić information content (AvgIpc) is 2.41. The highest BCUT2D eigenvalue weighted by Crippen LogP contribution is 2.23. The van der Waals surface area contributed by atoms with E-state index in [9.17, 15) is 4.79 Å². The molecule has 18 heavy (non-hydrogen) atoms. The molecular formula is C15H14BrNO. The van der Waals surface area contributed by atoms with Gasteiger partial charge in [0.1, 0.15) is 0 Å². The molecule has 0 bridgehead atoms. The molecule has 0 aliphatic carbocycles. The maximum Gasteiger partial charge on any atom is 0.171 e. The summed E-state index contributed by atoms with van der Waals surface area (Å²) in [5, 5.41) is 0. The van der Waals surface area contributed by atoms with Crippen LogP contribution in [-0.2, 0) is 0 Å². The van der Waals surface area contributed by atoms with Gasteiger partial charge in [0.25, 0.3) is 0 Å². The molecule has 0 radical (unpaired) electrons. The van der Waals surface area contributed by atoms with Gasteiger partial charge in [0, 0.05) is 16.2 Å². The highest BCUT2D eigenvalue weighted by Gasteiger charge is 2.18. The first-order valence-corrected chi connectivity index (χ1v) is 6.60. The molecule has 0 aliphatic rings. The van der Waals surface area contributed by atoms with Crippen LogP contribution in [-0.4, -0.2) is 10.8 Å². The van der Waals surface area contributed by atoms with E-state index in [1.807, 2.05) is 50.2 Å². The van der Waals surface area contributed by atoms with Crippen LogP contribution in [0, 0.1) is 6.92 Å². The molecule has 0 amide bonds. The van der Waals surface area contributed by atoms with Gasteiger partial charge in [-0.05, 0) is 37.6 Å². The Morgan fingerprint density at radius 3 is 2.67 bits per heavy atom. The lowest BCUT2D eigenvalue weighted by Gasteiger charge is -2.10. The Morgan fingerprint density at radius 2 is 2.06 bits per heavy atom. The van der Waals surface area contributed by atoms with Gasteiger partial charge < -0.3 is 0 Å². The topological polar surface area (TPSA) is 30.0 Å². The lowest BCUT2D eigenvalue weighted by Crippen LogP contribution is -2.11. The second-order valence-electron chi connectivity index (χ2n) is 4.30. The van der Waals surface area contributed by atoms with Crippen molar-refractivity contribution in [2.75, 3.05) is 0 Å². The summed E-state index contributed by atoms with van der Waals surface area (Å²) >= 11 is 3.45. The number of pyridine rings is 1. The van der Waals surface area contributed by atoms with Crippen LogP contribution in [0.2, 0.25) is 0 Å². The molecule has 0 saturated carbocycles. The molecule has 2 aromatic rings. The van der Waals surface area contributed by atoms with Crippen LogP contribution in [0.15, 0.2) is 47.1 Å². The van der Waals surface area contributed by atoms with Gasteiger partial charge >= 0.3 is 0 Å². The van der Waals surface area contributed by atoms with Crippen LogP contribution in [0.3, 0.4) is 0 Å². The summed E-state index contributed by atoms with van der Waals surface area (Å²) in [5.74, 6) is -0.129. The standard InChI is InChI=1S/C15H14BrNO/c1-10-6-7-12(9-13(10)16)15(18)11(2)14-5-3-4-8-17-14/h3-9,11H,1-2H3. The van der Waals surface area contributed by atoms with Gasteiger partial charge in [-0.25, -0.2) is 0 Å². The van der Waals surface area contributed by atoms with Crippen molar-refractivity contribution >= 4 is 21.7 Å². The van der Waals surface area contributed by atoms with Gasteiger partial charge in [0.05, 0.1) is 11.6 Å². The molecule has 0 saturated heterocycles. The van der Waals surface area contributed by atoms with Crippen molar-refractivity contribution in [3.63, 3.8) is 0 Å². The van der Waals surface area contributed by atoms with Gasteiger partial charge in [0.2, 0.25) is 0 Å². The van der Waals surface area contributed by atoms with Crippen LogP contribution in [0.25, 0.3) is 0 Å². The number of rotatable bonds is 3. The minimum atomic E-state index is -0.221. The maximum absolute atomic E-state index is 12.3. The highest BCUT2D eigenvalue weighted by atomic mass is 79.9. The largest absolute Gasteiger partial charge is 0.293 e. The average molecular weight is 304 g/mol. The molecule has 1 atom stereocenters. The molecule has 1 aromatic carbocycles. The Morgan fingerprint density at radius 1 is 1.28 bits per heavy atom. The number of benzene rings is 1. The molecule has 0 aliphatic heterocycles. The Labute approximate surface area is 115 Å². The van der Waals surface area contributed by atoms with Crippen molar-refractivity contribution in [2.45, 2.75) is 19.8 Å². The zero-order chi connectivity index (χ0) is 13.1. The van der Waals surface area contributed by atoms with Crippen LogP contribution in [0.5, 0.6) is 0 Å². The number of ketones is 1. The Hall–Kier alpha value is -1.48. The summed E-state index contributed by atoms with van der Waals surface area (Å²) in [6, 6.07) is 11.3. The van der Waals surface area contributed by atoms with Crippen LogP contribution >= 0.6 is 15.9 Å². The highest BCUT2D eigenvalue weighted by molar-refractivity contribution is 9.10. The van der Waals surface area contributed by atoms with Crippen molar-refractivity contribution in [2.24, 2.45) is 0 Å². The van der Waals surface area contributed by atoms with E-state index < -0.39 is 0 Å². The van der Waals surface area contributed by atoms with Gasteiger partial charge in [-0.2, -0.15) is 0 Å². The van der Waals surface area contributed by atoms with E-state index in [0.717, 1.165) is 15.7 Å². The molecule has 2 nitrogen and oxygen atoms in total. The molecule has 1 heterocycles. The third-order valence-electron chi connectivity index (χ3n) is 2.98. The predicted octanol–water partition coefficient (Wildman–Crippen LogP) is 4.14.